The number of ether oxygens (including phenoxy) is 1. The van der Waals surface area contributed by atoms with Gasteiger partial charge in [0, 0.05) is 11.1 Å². The van der Waals surface area contributed by atoms with Crippen LogP contribution in [0.25, 0.3) is 0 Å². The fourth-order valence-electron chi connectivity index (χ4n) is 5.54. The molecule has 3 aromatic rings. The van der Waals surface area contributed by atoms with Crippen LogP contribution >= 0.6 is 0 Å². The Kier molecular flexibility index (Phi) is 4.62. The Labute approximate surface area is 202 Å². The van der Waals surface area contributed by atoms with Crippen LogP contribution < -0.4 is 4.90 Å². The number of Topliss-reactive ketones (excluding diaryl/α,β-unsaturated/α-hetero) is 2. The van der Waals surface area contributed by atoms with Crippen LogP contribution in [0, 0.1) is 11.8 Å². The number of imide groups is 1. The number of alkyl halides is 3. The Morgan fingerprint density at radius 3 is 1.97 bits per heavy atom. The van der Waals surface area contributed by atoms with Crippen LogP contribution in [0.4, 0.5) is 18.9 Å². The zero-order valence-electron chi connectivity index (χ0n) is 18.4. The lowest BCUT2D eigenvalue weighted by Crippen LogP contribution is -2.51. The first kappa shape index (κ1) is 22.4. The Bertz CT molecular complexity index is 1430. The molecular weight excluding hydrogens is 475 g/mol. The Morgan fingerprint density at radius 1 is 0.750 bits per heavy atom. The van der Waals surface area contributed by atoms with Crippen molar-refractivity contribution in [2.45, 2.75) is 17.9 Å². The first-order valence-electron chi connectivity index (χ1n) is 11.1. The summed E-state index contributed by atoms with van der Waals surface area (Å²) in [4.78, 5) is 55.4. The molecular formula is C27H16F3NO5. The van der Waals surface area contributed by atoms with E-state index in [1.807, 2.05) is 0 Å². The molecule has 2 heterocycles. The molecule has 6 nitrogen and oxygen atoms in total. The van der Waals surface area contributed by atoms with E-state index in [-0.39, 0.29) is 16.8 Å². The van der Waals surface area contributed by atoms with Crippen molar-refractivity contribution in [1.29, 1.82) is 0 Å². The summed E-state index contributed by atoms with van der Waals surface area (Å²) in [6, 6.07) is 18.2. The maximum Gasteiger partial charge on any atom is 0.416 e. The molecule has 3 aromatic carbocycles. The normalized spacial score (nSPS) is 24.5. The average molecular weight is 491 g/mol. The van der Waals surface area contributed by atoms with Gasteiger partial charge in [-0.25, -0.2) is 4.90 Å². The molecule has 3 aliphatic rings. The van der Waals surface area contributed by atoms with Gasteiger partial charge >= 0.3 is 6.18 Å². The van der Waals surface area contributed by atoms with Gasteiger partial charge in [0.25, 0.3) is 0 Å². The molecule has 0 radical (unpaired) electrons. The van der Waals surface area contributed by atoms with E-state index in [0.29, 0.717) is 16.5 Å². The molecule has 1 spiro atoms. The molecule has 3 atom stereocenters. The SMILES string of the molecule is O=C1[C@@H]2[C@H](c3ccccc3)OC3(C(=O)c4ccccc4C3=O)[C@H]2C(=O)N1c1cccc(C(F)(F)F)c1. The van der Waals surface area contributed by atoms with E-state index >= 15 is 0 Å². The molecule has 36 heavy (non-hydrogen) atoms. The minimum absolute atomic E-state index is 0.0766. The number of hydrogen-bond acceptors (Lipinski definition) is 5. The molecule has 0 unspecified atom stereocenters. The van der Waals surface area contributed by atoms with Gasteiger partial charge in [-0.15, -0.1) is 0 Å². The topological polar surface area (TPSA) is 80.8 Å². The molecule has 1 aliphatic carbocycles. The van der Waals surface area contributed by atoms with Crippen LogP contribution in [-0.4, -0.2) is 29.0 Å². The van der Waals surface area contributed by atoms with Gasteiger partial charge in [0.05, 0.1) is 29.2 Å². The number of fused-ring (bicyclic) bond motifs is 3. The number of halogens is 3. The quantitative estimate of drug-likeness (QED) is 0.392. The third-order valence-electron chi connectivity index (χ3n) is 7.08. The van der Waals surface area contributed by atoms with Crippen molar-refractivity contribution in [2.24, 2.45) is 11.8 Å². The van der Waals surface area contributed by atoms with Gasteiger partial charge in [-0.05, 0) is 23.8 Å². The lowest BCUT2D eigenvalue weighted by atomic mass is 9.77. The minimum atomic E-state index is -4.70. The Morgan fingerprint density at radius 2 is 1.36 bits per heavy atom. The number of amides is 2. The van der Waals surface area contributed by atoms with E-state index < -0.39 is 58.7 Å². The first-order chi connectivity index (χ1) is 17.2. The number of rotatable bonds is 2. The van der Waals surface area contributed by atoms with Gasteiger partial charge in [0.2, 0.25) is 29.0 Å². The van der Waals surface area contributed by atoms with E-state index in [4.69, 9.17) is 4.74 Å². The third kappa shape index (κ3) is 2.83. The number of ketones is 2. The van der Waals surface area contributed by atoms with Crippen LogP contribution in [0.3, 0.4) is 0 Å². The fraction of sp³-hybridized carbons (Fsp3) is 0.185. The Balaban J connectivity index is 1.53. The van der Waals surface area contributed by atoms with Crippen molar-refractivity contribution in [3.05, 3.63) is 101 Å². The molecule has 9 heteroatoms. The number of nitrogens with zero attached hydrogens (tertiary/aromatic N) is 1. The molecule has 180 valence electrons. The fourth-order valence-corrected chi connectivity index (χ4v) is 5.54. The van der Waals surface area contributed by atoms with E-state index in [1.165, 1.54) is 18.2 Å². The van der Waals surface area contributed by atoms with Crippen molar-refractivity contribution < 1.29 is 37.1 Å². The van der Waals surface area contributed by atoms with Crippen LogP contribution in [0.5, 0.6) is 0 Å². The number of carbonyl (C=O) groups excluding carboxylic acids is 4. The number of hydrogen-bond donors (Lipinski definition) is 0. The van der Waals surface area contributed by atoms with Crippen molar-refractivity contribution >= 4 is 29.1 Å². The second-order valence-electron chi connectivity index (χ2n) is 8.95. The molecule has 2 fully saturated rings. The lowest BCUT2D eigenvalue weighted by molar-refractivity contribution is -0.137. The zero-order chi connectivity index (χ0) is 25.4. The highest BCUT2D eigenvalue weighted by Gasteiger charge is 2.74. The summed E-state index contributed by atoms with van der Waals surface area (Å²) in [6.07, 6.45) is -5.83. The number of benzene rings is 3. The molecule has 2 amide bonds. The summed E-state index contributed by atoms with van der Waals surface area (Å²) < 4.78 is 46.2. The highest BCUT2D eigenvalue weighted by molar-refractivity contribution is 6.37. The van der Waals surface area contributed by atoms with Crippen molar-refractivity contribution in [3.63, 3.8) is 0 Å². The molecule has 6 rings (SSSR count). The maximum atomic E-state index is 13.8. The van der Waals surface area contributed by atoms with Crippen molar-refractivity contribution in [3.8, 4) is 0 Å². The molecule has 0 bridgehead atoms. The predicted molar refractivity (Wildman–Crippen MR) is 119 cm³/mol. The van der Waals surface area contributed by atoms with Crippen molar-refractivity contribution in [2.75, 3.05) is 4.90 Å². The van der Waals surface area contributed by atoms with E-state index in [2.05, 4.69) is 0 Å². The van der Waals surface area contributed by atoms with Gasteiger partial charge in [-0.1, -0.05) is 60.7 Å². The summed E-state index contributed by atoms with van der Waals surface area (Å²) in [5.74, 6) is -6.05. The highest BCUT2D eigenvalue weighted by atomic mass is 19.4. The average Bonchev–Trinajstić information content (AvgIpc) is 3.44. The summed E-state index contributed by atoms with van der Waals surface area (Å²) in [5.41, 5.74) is -2.98. The molecule has 0 N–H and O–H groups in total. The third-order valence-corrected chi connectivity index (χ3v) is 7.08. The van der Waals surface area contributed by atoms with E-state index in [0.717, 1.165) is 12.1 Å². The van der Waals surface area contributed by atoms with Crippen LogP contribution in [-0.2, 0) is 20.5 Å². The minimum Gasteiger partial charge on any atom is -0.349 e. The molecule has 0 saturated carbocycles. The summed E-state index contributed by atoms with van der Waals surface area (Å²) in [6.45, 7) is 0. The summed E-state index contributed by atoms with van der Waals surface area (Å²) in [7, 11) is 0. The molecule has 2 saturated heterocycles. The zero-order valence-corrected chi connectivity index (χ0v) is 18.4. The molecule has 0 aromatic heterocycles. The predicted octanol–water partition coefficient (Wildman–Crippen LogP) is 4.40. The largest absolute Gasteiger partial charge is 0.416 e. The summed E-state index contributed by atoms with van der Waals surface area (Å²) >= 11 is 0. The second kappa shape index (κ2) is 7.44. The lowest BCUT2D eigenvalue weighted by Gasteiger charge is -2.27. The van der Waals surface area contributed by atoms with Gasteiger partial charge in [-0.3, -0.25) is 19.2 Å². The van der Waals surface area contributed by atoms with Gasteiger partial charge in [0.15, 0.2) is 0 Å². The summed E-state index contributed by atoms with van der Waals surface area (Å²) in [5, 5.41) is 0. The van der Waals surface area contributed by atoms with Gasteiger partial charge < -0.3 is 4.74 Å². The van der Waals surface area contributed by atoms with Crippen LogP contribution in [0.1, 0.15) is 37.9 Å². The number of carbonyl (C=O) groups is 4. The monoisotopic (exact) mass is 491 g/mol. The van der Waals surface area contributed by atoms with Crippen LogP contribution in [0.15, 0.2) is 78.9 Å². The standard InChI is InChI=1S/C27H16F3NO5/c28-27(29,30)15-9-6-10-16(13-15)31-24(34)19-20(25(31)35)26(36-21(19)14-7-2-1-3-8-14)22(32)17-11-4-5-12-18(17)23(26)33/h1-13,19-21H/t19-,20+,21-/m0/s1. The van der Waals surface area contributed by atoms with Gasteiger partial charge in [-0.2, -0.15) is 13.2 Å². The first-order valence-corrected chi connectivity index (χ1v) is 11.1. The van der Waals surface area contributed by atoms with Crippen molar-refractivity contribution in [1.82, 2.24) is 0 Å². The van der Waals surface area contributed by atoms with E-state index in [1.54, 1.807) is 42.5 Å². The van der Waals surface area contributed by atoms with Crippen LogP contribution in [0.2, 0.25) is 0 Å². The van der Waals surface area contributed by atoms with E-state index in [9.17, 15) is 32.3 Å². The maximum absolute atomic E-state index is 13.8. The second-order valence-corrected chi connectivity index (χ2v) is 8.95. The Hall–Kier alpha value is -4.11. The highest BCUT2D eigenvalue weighted by Crippen LogP contribution is 2.57. The van der Waals surface area contributed by atoms with Gasteiger partial charge in [0.1, 0.15) is 0 Å². The molecule has 2 aliphatic heterocycles. The smallest absolute Gasteiger partial charge is 0.349 e. The number of anilines is 1.